The molecule has 0 aromatic carbocycles. The Balaban J connectivity index is 0. The summed E-state index contributed by atoms with van der Waals surface area (Å²) in [6.45, 7) is 3.71. The first kappa shape index (κ1) is 14.4. The van der Waals surface area contributed by atoms with E-state index in [1.165, 1.54) is 0 Å². The topological polar surface area (TPSA) is 37.3 Å². The molecule has 3 heteroatoms. The molecule has 0 amide bonds. The van der Waals surface area contributed by atoms with Gasteiger partial charge in [0, 0.05) is 5.57 Å². The van der Waals surface area contributed by atoms with E-state index >= 15 is 0 Å². The Labute approximate surface area is 110 Å². The number of allylic oxidation sites excluding steroid dienone is 1. The van der Waals surface area contributed by atoms with Crippen molar-refractivity contribution in [1.29, 1.82) is 0 Å². The van der Waals surface area contributed by atoms with Gasteiger partial charge in [-0.3, -0.25) is 0 Å². The second-order valence-electron chi connectivity index (χ2n) is 2.33. The van der Waals surface area contributed by atoms with E-state index in [-0.39, 0.29) is 51.4 Å². The maximum atomic E-state index is 10.2. The van der Waals surface area contributed by atoms with Crippen molar-refractivity contribution in [2.75, 3.05) is 0 Å². The Morgan fingerprint density at radius 1 is 1.55 bits per heavy atom. The number of hydrogen-bond donors (Lipinski definition) is 1. The molecule has 11 heavy (non-hydrogen) atoms. The summed E-state index contributed by atoms with van der Waals surface area (Å²) in [7, 11) is 0. The summed E-state index contributed by atoms with van der Waals surface area (Å²) in [5.41, 5.74) is 0.452. The number of unbranched alkanes of at least 4 members (excludes halogenated alkanes) is 2. The Morgan fingerprint density at radius 3 is 2.45 bits per heavy atom. The van der Waals surface area contributed by atoms with E-state index in [0.29, 0.717) is 5.57 Å². The summed E-state index contributed by atoms with van der Waals surface area (Å²) in [5.74, 6) is -0.809. The van der Waals surface area contributed by atoms with Crippen molar-refractivity contribution in [3.05, 3.63) is 11.6 Å². The third kappa shape index (κ3) is 8.76. The van der Waals surface area contributed by atoms with Crippen molar-refractivity contribution < 1.29 is 9.90 Å². The first-order valence-corrected chi connectivity index (χ1v) is 3.58. The molecule has 0 atom stereocenters. The number of aliphatic carboxylic acids is 1. The molecule has 0 heterocycles. The van der Waals surface area contributed by atoms with Crippen LogP contribution in [0, 0.1) is 0 Å². The second kappa shape index (κ2) is 8.94. The summed E-state index contributed by atoms with van der Waals surface area (Å²) in [5, 5.41) is 8.41. The van der Waals surface area contributed by atoms with Crippen LogP contribution in [0.3, 0.4) is 0 Å². The molecule has 0 aromatic rings. The van der Waals surface area contributed by atoms with Crippen LogP contribution in [0.15, 0.2) is 11.6 Å². The number of carbonyl (C=O) groups is 1. The Hall–Kier alpha value is 0.846. The van der Waals surface area contributed by atoms with E-state index in [9.17, 15) is 4.79 Å². The standard InChI is InChI=1S/C8H14O2.K.H/c1-3-4-5-6-7(2)8(9)10;;/h6H,3-5H2,1-2H3,(H,9,10);;/b7-6-;;. The molecule has 0 unspecified atom stereocenters. The average molecular weight is 182 g/mol. The van der Waals surface area contributed by atoms with Gasteiger partial charge in [0.1, 0.15) is 0 Å². The third-order valence-electron chi connectivity index (χ3n) is 1.35. The zero-order valence-corrected chi connectivity index (χ0v) is 6.55. The molecule has 0 saturated heterocycles. The summed E-state index contributed by atoms with van der Waals surface area (Å²) >= 11 is 0. The fourth-order valence-corrected chi connectivity index (χ4v) is 0.610. The molecule has 0 aliphatic rings. The van der Waals surface area contributed by atoms with Crippen LogP contribution in [-0.2, 0) is 4.79 Å². The van der Waals surface area contributed by atoms with Crippen LogP contribution in [0.5, 0.6) is 0 Å². The van der Waals surface area contributed by atoms with Gasteiger partial charge >= 0.3 is 57.4 Å². The maximum absolute atomic E-state index is 10.2. The van der Waals surface area contributed by atoms with E-state index in [0.717, 1.165) is 19.3 Å². The quantitative estimate of drug-likeness (QED) is 0.407. The van der Waals surface area contributed by atoms with Crippen LogP contribution in [-0.4, -0.2) is 62.5 Å². The van der Waals surface area contributed by atoms with Gasteiger partial charge in [0.2, 0.25) is 0 Å². The molecule has 2 nitrogen and oxygen atoms in total. The second-order valence-corrected chi connectivity index (χ2v) is 2.33. The van der Waals surface area contributed by atoms with Gasteiger partial charge in [0.25, 0.3) is 0 Å². The fraction of sp³-hybridized carbons (Fsp3) is 0.625. The molecule has 0 bridgehead atoms. The minimum absolute atomic E-state index is 0. The van der Waals surface area contributed by atoms with Crippen molar-refractivity contribution in [3.63, 3.8) is 0 Å². The van der Waals surface area contributed by atoms with Gasteiger partial charge in [-0.15, -0.1) is 0 Å². The molecule has 0 aromatic heterocycles. The Morgan fingerprint density at radius 2 is 2.09 bits per heavy atom. The van der Waals surface area contributed by atoms with E-state index < -0.39 is 5.97 Å². The summed E-state index contributed by atoms with van der Waals surface area (Å²) < 4.78 is 0. The third-order valence-corrected chi connectivity index (χ3v) is 1.35. The summed E-state index contributed by atoms with van der Waals surface area (Å²) in [6, 6.07) is 0. The summed E-state index contributed by atoms with van der Waals surface area (Å²) in [4.78, 5) is 10.2. The fourth-order valence-electron chi connectivity index (χ4n) is 0.610. The predicted octanol–water partition coefficient (Wildman–Crippen LogP) is 1.56. The average Bonchev–Trinajstić information content (AvgIpc) is 1.88. The number of rotatable bonds is 4. The number of hydrogen-bond acceptors (Lipinski definition) is 1. The molecular weight excluding hydrogens is 167 g/mol. The normalized spacial score (nSPS) is 10.5. The molecule has 0 aliphatic heterocycles. The van der Waals surface area contributed by atoms with Gasteiger partial charge < -0.3 is 5.11 Å². The van der Waals surface area contributed by atoms with Crippen molar-refractivity contribution in [3.8, 4) is 0 Å². The van der Waals surface area contributed by atoms with Gasteiger partial charge in [-0.05, 0) is 13.3 Å². The van der Waals surface area contributed by atoms with Gasteiger partial charge in [0.05, 0.1) is 0 Å². The monoisotopic (exact) mass is 182 g/mol. The van der Waals surface area contributed by atoms with Crippen molar-refractivity contribution in [2.24, 2.45) is 0 Å². The van der Waals surface area contributed by atoms with Crippen LogP contribution >= 0.6 is 0 Å². The van der Waals surface area contributed by atoms with Gasteiger partial charge in [-0.1, -0.05) is 25.8 Å². The van der Waals surface area contributed by atoms with Crippen LogP contribution in [0.25, 0.3) is 0 Å². The van der Waals surface area contributed by atoms with Crippen LogP contribution in [0.4, 0.5) is 0 Å². The van der Waals surface area contributed by atoms with Crippen molar-refractivity contribution in [2.45, 2.75) is 33.1 Å². The SMILES string of the molecule is CCCC/C=C(/C)C(=O)O.[KH]. The zero-order chi connectivity index (χ0) is 7.98. The molecule has 0 fully saturated rings. The number of carboxylic acids is 1. The van der Waals surface area contributed by atoms with E-state index in [4.69, 9.17) is 5.11 Å². The van der Waals surface area contributed by atoms with Gasteiger partial charge in [-0.2, -0.15) is 0 Å². The predicted molar refractivity (Wildman–Crippen MR) is 48.1 cm³/mol. The van der Waals surface area contributed by atoms with Crippen molar-refractivity contribution in [1.82, 2.24) is 0 Å². The van der Waals surface area contributed by atoms with Gasteiger partial charge in [0.15, 0.2) is 0 Å². The Kier molecular flexibility index (Phi) is 11.7. The molecule has 60 valence electrons. The van der Waals surface area contributed by atoms with Crippen LogP contribution in [0.1, 0.15) is 33.1 Å². The molecule has 0 spiro atoms. The molecule has 1 N–H and O–H groups in total. The molecule has 0 radical (unpaired) electrons. The molecule has 0 rings (SSSR count). The van der Waals surface area contributed by atoms with E-state index in [1.807, 2.05) is 0 Å². The number of carboxylic acid groups (broad SMARTS) is 1. The first-order valence-electron chi connectivity index (χ1n) is 3.58. The molecule has 0 aliphatic carbocycles. The molecular formula is C8H15KO2. The Bertz CT molecular complexity index is 141. The minimum atomic E-state index is -0.809. The first-order chi connectivity index (χ1) is 4.68. The summed E-state index contributed by atoms with van der Waals surface area (Å²) in [6.07, 6.45) is 4.84. The van der Waals surface area contributed by atoms with Crippen molar-refractivity contribution >= 4 is 57.4 Å². The van der Waals surface area contributed by atoms with E-state index in [1.54, 1.807) is 13.0 Å². The zero-order valence-electron chi connectivity index (χ0n) is 6.55. The van der Waals surface area contributed by atoms with Crippen LogP contribution < -0.4 is 0 Å². The van der Waals surface area contributed by atoms with Gasteiger partial charge in [-0.25, -0.2) is 4.79 Å². The molecule has 0 saturated carbocycles. The van der Waals surface area contributed by atoms with E-state index in [2.05, 4.69) is 6.92 Å². The van der Waals surface area contributed by atoms with Crippen LogP contribution in [0.2, 0.25) is 0 Å².